The standard InChI is InChI=1S/C13H15N3O/c1-2-5-13(17)15-11-6-3-7-12(10-11)16-9-4-8-14-16/h3-4,6-10H,2,5H2,1H3,(H,15,17). The van der Waals surface area contributed by atoms with E-state index in [-0.39, 0.29) is 5.91 Å². The Kier molecular flexibility index (Phi) is 3.55. The van der Waals surface area contributed by atoms with Crippen LogP contribution in [0.15, 0.2) is 42.7 Å². The third-order valence-electron chi connectivity index (χ3n) is 2.38. The highest BCUT2D eigenvalue weighted by Crippen LogP contribution is 2.14. The van der Waals surface area contributed by atoms with Crippen LogP contribution in [0.25, 0.3) is 5.69 Å². The van der Waals surface area contributed by atoms with Gasteiger partial charge in [-0.1, -0.05) is 13.0 Å². The van der Waals surface area contributed by atoms with E-state index in [2.05, 4.69) is 10.4 Å². The Labute approximate surface area is 100 Å². The van der Waals surface area contributed by atoms with Gasteiger partial charge < -0.3 is 5.32 Å². The lowest BCUT2D eigenvalue weighted by molar-refractivity contribution is -0.116. The normalized spacial score (nSPS) is 10.2. The van der Waals surface area contributed by atoms with E-state index in [0.717, 1.165) is 17.8 Å². The minimum atomic E-state index is 0.0464. The van der Waals surface area contributed by atoms with Gasteiger partial charge in [-0.25, -0.2) is 4.68 Å². The van der Waals surface area contributed by atoms with E-state index in [9.17, 15) is 4.79 Å². The summed E-state index contributed by atoms with van der Waals surface area (Å²) in [6.45, 7) is 1.99. The molecule has 0 saturated carbocycles. The summed E-state index contributed by atoms with van der Waals surface area (Å²) in [6.07, 6.45) is 4.99. The van der Waals surface area contributed by atoms with Crippen molar-refractivity contribution in [2.24, 2.45) is 0 Å². The van der Waals surface area contributed by atoms with Gasteiger partial charge >= 0.3 is 0 Å². The predicted octanol–water partition coefficient (Wildman–Crippen LogP) is 2.61. The quantitative estimate of drug-likeness (QED) is 0.876. The molecule has 1 N–H and O–H groups in total. The lowest BCUT2D eigenvalue weighted by atomic mass is 10.2. The van der Waals surface area contributed by atoms with E-state index < -0.39 is 0 Å². The van der Waals surface area contributed by atoms with Gasteiger partial charge in [-0.2, -0.15) is 5.10 Å². The number of benzene rings is 1. The van der Waals surface area contributed by atoms with Gasteiger partial charge in [0.15, 0.2) is 0 Å². The molecule has 0 atom stereocenters. The van der Waals surface area contributed by atoms with Crippen LogP contribution in [0.4, 0.5) is 5.69 Å². The van der Waals surface area contributed by atoms with E-state index in [4.69, 9.17) is 0 Å². The number of carbonyl (C=O) groups excluding carboxylic acids is 1. The Balaban J connectivity index is 2.15. The van der Waals surface area contributed by atoms with Gasteiger partial charge in [0.25, 0.3) is 0 Å². The molecule has 4 heteroatoms. The molecule has 0 aliphatic carbocycles. The number of nitrogens with one attached hydrogen (secondary N) is 1. The largest absolute Gasteiger partial charge is 0.326 e. The lowest BCUT2D eigenvalue weighted by Gasteiger charge is -2.06. The van der Waals surface area contributed by atoms with E-state index in [1.807, 2.05) is 43.5 Å². The van der Waals surface area contributed by atoms with Crippen LogP contribution in [0.3, 0.4) is 0 Å². The maximum Gasteiger partial charge on any atom is 0.224 e. The van der Waals surface area contributed by atoms with Gasteiger partial charge in [-0.15, -0.1) is 0 Å². The summed E-state index contributed by atoms with van der Waals surface area (Å²) in [4.78, 5) is 11.5. The molecular formula is C13H15N3O. The molecule has 1 aromatic carbocycles. The monoisotopic (exact) mass is 229 g/mol. The number of anilines is 1. The summed E-state index contributed by atoms with van der Waals surface area (Å²) >= 11 is 0. The van der Waals surface area contributed by atoms with Crippen molar-refractivity contribution in [1.82, 2.24) is 9.78 Å². The Morgan fingerprint density at radius 1 is 1.41 bits per heavy atom. The van der Waals surface area contributed by atoms with Gasteiger partial charge in [-0.3, -0.25) is 4.79 Å². The first-order valence-corrected chi connectivity index (χ1v) is 5.69. The summed E-state index contributed by atoms with van der Waals surface area (Å²) in [5, 5.41) is 7.01. The fourth-order valence-corrected chi connectivity index (χ4v) is 1.60. The molecule has 88 valence electrons. The molecule has 1 heterocycles. The molecule has 4 nitrogen and oxygen atoms in total. The third kappa shape index (κ3) is 2.93. The summed E-state index contributed by atoms with van der Waals surface area (Å²) in [6, 6.07) is 9.49. The first-order chi connectivity index (χ1) is 8.29. The minimum absolute atomic E-state index is 0.0464. The van der Waals surface area contributed by atoms with Crippen molar-refractivity contribution in [2.75, 3.05) is 5.32 Å². The smallest absolute Gasteiger partial charge is 0.224 e. The van der Waals surface area contributed by atoms with E-state index in [1.54, 1.807) is 10.9 Å². The van der Waals surface area contributed by atoms with Gasteiger partial charge in [0.1, 0.15) is 0 Å². The van der Waals surface area contributed by atoms with Crippen LogP contribution in [0.2, 0.25) is 0 Å². The van der Waals surface area contributed by atoms with Crippen LogP contribution in [0, 0.1) is 0 Å². The summed E-state index contributed by atoms with van der Waals surface area (Å²) in [5.74, 6) is 0.0464. The molecule has 0 saturated heterocycles. The van der Waals surface area contributed by atoms with Crippen LogP contribution >= 0.6 is 0 Å². The molecule has 0 unspecified atom stereocenters. The Hall–Kier alpha value is -2.10. The maximum atomic E-state index is 11.5. The zero-order valence-electron chi connectivity index (χ0n) is 9.76. The van der Waals surface area contributed by atoms with Crippen molar-refractivity contribution < 1.29 is 4.79 Å². The number of carbonyl (C=O) groups is 1. The zero-order valence-corrected chi connectivity index (χ0v) is 9.76. The van der Waals surface area contributed by atoms with Crippen molar-refractivity contribution in [3.05, 3.63) is 42.7 Å². The molecule has 0 aliphatic heterocycles. The molecular weight excluding hydrogens is 214 g/mol. The second kappa shape index (κ2) is 5.30. The van der Waals surface area contributed by atoms with Crippen LogP contribution in [0.5, 0.6) is 0 Å². The molecule has 0 aliphatic rings. The van der Waals surface area contributed by atoms with E-state index in [0.29, 0.717) is 6.42 Å². The number of aromatic nitrogens is 2. The van der Waals surface area contributed by atoms with Crippen LogP contribution in [0.1, 0.15) is 19.8 Å². The average molecular weight is 229 g/mol. The molecule has 2 rings (SSSR count). The molecule has 2 aromatic rings. The lowest BCUT2D eigenvalue weighted by Crippen LogP contribution is -2.10. The van der Waals surface area contributed by atoms with Crippen LogP contribution < -0.4 is 5.32 Å². The zero-order chi connectivity index (χ0) is 12.1. The molecule has 17 heavy (non-hydrogen) atoms. The average Bonchev–Trinajstić information content (AvgIpc) is 2.83. The summed E-state index contributed by atoms with van der Waals surface area (Å²) in [7, 11) is 0. The molecule has 1 amide bonds. The first kappa shape index (κ1) is 11.4. The van der Waals surface area contributed by atoms with Crippen molar-refractivity contribution in [2.45, 2.75) is 19.8 Å². The predicted molar refractivity (Wildman–Crippen MR) is 67.1 cm³/mol. The fraction of sp³-hybridized carbons (Fsp3) is 0.231. The third-order valence-corrected chi connectivity index (χ3v) is 2.38. The summed E-state index contributed by atoms with van der Waals surface area (Å²) < 4.78 is 1.76. The molecule has 0 spiro atoms. The Morgan fingerprint density at radius 3 is 3.00 bits per heavy atom. The number of rotatable bonds is 4. The van der Waals surface area contributed by atoms with Crippen LogP contribution in [-0.2, 0) is 4.79 Å². The van der Waals surface area contributed by atoms with Gasteiger partial charge in [0.05, 0.1) is 5.69 Å². The highest BCUT2D eigenvalue weighted by atomic mass is 16.1. The van der Waals surface area contributed by atoms with E-state index >= 15 is 0 Å². The van der Waals surface area contributed by atoms with E-state index in [1.165, 1.54) is 0 Å². The topological polar surface area (TPSA) is 46.9 Å². The second-order valence-electron chi connectivity index (χ2n) is 3.80. The first-order valence-electron chi connectivity index (χ1n) is 5.69. The van der Waals surface area contributed by atoms with Gasteiger partial charge in [0.2, 0.25) is 5.91 Å². The second-order valence-corrected chi connectivity index (χ2v) is 3.80. The maximum absolute atomic E-state index is 11.5. The highest BCUT2D eigenvalue weighted by molar-refractivity contribution is 5.90. The number of hydrogen-bond acceptors (Lipinski definition) is 2. The molecule has 0 radical (unpaired) electrons. The van der Waals surface area contributed by atoms with Gasteiger partial charge in [-0.05, 0) is 30.7 Å². The highest BCUT2D eigenvalue weighted by Gasteiger charge is 2.02. The number of nitrogens with zero attached hydrogens (tertiary/aromatic N) is 2. The molecule has 0 fully saturated rings. The Bertz CT molecular complexity index is 491. The fourth-order valence-electron chi connectivity index (χ4n) is 1.60. The van der Waals surface area contributed by atoms with Crippen molar-refractivity contribution in [3.63, 3.8) is 0 Å². The molecule has 1 aromatic heterocycles. The van der Waals surface area contributed by atoms with Gasteiger partial charge in [0, 0.05) is 24.5 Å². The Morgan fingerprint density at radius 2 is 2.29 bits per heavy atom. The SMILES string of the molecule is CCCC(=O)Nc1cccc(-n2cccn2)c1. The molecule has 0 bridgehead atoms. The van der Waals surface area contributed by atoms with Crippen molar-refractivity contribution in [1.29, 1.82) is 0 Å². The van der Waals surface area contributed by atoms with Crippen molar-refractivity contribution >= 4 is 11.6 Å². The summed E-state index contributed by atoms with van der Waals surface area (Å²) in [5.41, 5.74) is 1.74. The minimum Gasteiger partial charge on any atom is -0.326 e. The van der Waals surface area contributed by atoms with Crippen LogP contribution in [-0.4, -0.2) is 15.7 Å². The number of amides is 1. The number of hydrogen-bond donors (Lipinski definition) is 1. The van der Waals surface area contributed by atoms with Crippen molar-refractivity contribution in [3.8, 4) is 5.69 Å².